The molecule has 7 heteroatoms. The second kappa shape index (κ2) is 5.76. The zero-order chi connectivity index (χ0) is 16.7. The van der Waals surface area contributed by atoms with Crippen molar-refractivity contribution in [3.63, 3.8) is 0 Å². The third kappa shape index (κ3) is 2.37. The summed E-state index contributed by atoms with van der Waals surface area (Å²) in [5.41, 5.74) is 2.77. The minimum Gasteiger partial charge on any atom is -0.452 e. The van der Waals surface area contributed by atoms with Gasteiger partial charge in [-0.15, -0.1) is 0 Å². The Hall–Kier alpha value is -2.67. The molecule has 0 saturated carbocycles. The smallest absolute Gasteiger partial charge is 0.316 e. The quantitative estimate of drug-likeness (QED) is 0.719. The van der Waals surface area contributed by atoms with Gasteiger partial charge in [0.1, 0.15) is 5.58 Å². The van der Waals surface area contributed by atoms with Crippen LogP contribution >= 0.6 is 0 Å². The molecule has 0 atom stereocenters. The van der Waals surface area contributed by atoms with Gasteiger partial charge in [0.2, 0.25) is 5.82 Å². The molecular formula is C17H17N3O4. The van der Waals surface area contributed by atoms with Gasteiger partial charge >= 0.3 is 11.8 Å². The Kier molecular flexibility index (Phi) is 3.57. The Morgan fingerprint density at radius 2 is 2.00 bits per heavy atom. The molecule has 24 heavy (non-hydrogen) atoms. The van der Waals surface area contributed by atoms with Gasteiger partial charge in [0.25, 0.3) is 0 Å². The molecule has 0 N–H and O–H groups in total. The maximum absolute atomic E-state index is 12.4. The molecule has 124 valence electrons. The monoisotopic (exact) mass is 327 g/mol. The van der Waals surface area contributed by atoms with Crippen LogP contribution < -0.4 is 0 Å². The van der Waals surface area contributed by atoms with Crippen molar-refractivity contribution < 1.29 is 18.5 Å². The molecule has 0 radical (unpaired) electrons. The average molecular weight is 327 g/mol. The first-order valence-corrected chi connectivity index (χ1v) is 7.85. The van der Waals surface area contributed by atoms with Crippen LogP contribution in [-0.4, -0.2) is 47.3 Å². The predicted octanol–water partition coefficient (Wildman–Crippen LogP) is 2.57. The Balaban J connectivity index is 1.69. The summed E-state index contributed by atoms with van der Waals surface area (Å²) in [7, 11) is 0. The minimum atomic E-state index is -0.276. The molecule has 1 amide bonds. The lowest BCUT2D eigenvalue weighted by atomic mass is 10.1. The van der Waals surface area contributed by atoms with Gasteiger partial charge in [-0.3, -0.25) is 4.79 Å². The van der Waals surface area contributed by atoms with Crippen LogP contribution in [0.4, 0.5) is 0 Å². The van der Waals surface area contributed by atoms with Crippen molar-refractivity contribution in [1.82, 2.24) is 15.0 Å². The Morgan fingerprint density at radius 1 is 1.21 bits per heavy atom. The number of furan rings is 1. The largest absolute Gasteiger partial charge is 0.452 e. The Morgan fingerprint density at radius 3 is 2.75 bits per heavy atom. The third-order valence-electron chi connectivity index (χ3n) is 4.27. The van der Waals surface area contributed by atoms with Crippen molar-refractivity contribution in [3.05, 3.63) is 35.2 Å². The SMILES string of the molecule is Cc1c(-c2noc(C(=O)N3CCOCC3)n2)oc2c(C)cccc12. The fraction of sp³-hybridized carbons (Fsp3) is 0.353. The first-order chi connectivity index (χ1) is 11.6. The van der Waals surface area contributed by atoms with E-state index in [1.165, 1.54) is 0 Å². The van der Waals surface area contributed by atoms with E-state index in [1.807, 2.05) is 32.0 Å². The van der Waals surface area contributed by atoms with E-state index in [2.05, 4.69) is 10.1 Å². The van der Waals surface area contributed by atoms with Crippen molar-refractivity contribution in [1.29, 1.82) is 0 Å². The zero-order valence-corrected chi connectivity index (χ0v) is 13.5. The highest BCUT2D eigenvalue weighted by Gasteiger charge is 2.26. The van der Waals surface area contributed by atoms with E-state index >= 15 is 0 Å². The number of carbonyl (C=O) groups is 1. The van der Waals surface area contributed by atoms with Gasteiger partial charge in [0.15, 0.2) is 5.76 Å². The highest BCUT2D eigenvalue weighted by atomic mass is 16.5. The van der Waals surface area contributed by atoms with E-state index in [9.17, 15) is 4.79 Å². The standard InChI is InChI=1S/C17H17N3O4/c1-10-4-3-5-12-11(2)14(23-13(10)12)15-18-16(24-19-15)17(21)20-6-8-22-9-7-20/h3-5H,6-9H2,1-2H3. The van der Waals surface area contributed by atoms with E-state index in [0.717, 1.165) is 22.1 Å². The van der Waals surface area contributed by atoms with E-state index in [0.29, 0.717) is 37.9 Å². The summed E-state index contributed by atoms with van der Waals surface area (Å²) >= 11 is 0. The maximum atomic E-state index is 12.4. The average Bonchev–Trinajstić information content (AvgIpc) is 3.21. The Labute approximate surface area is 138 Å². The number of morpholine rings is 1. The molecular weight excluding hydrogens is 310 g/mol. The summed E-state index contributed by atoms with van der Waals surface area (Å²) < 4.78 is 16.3. The number of carbonyl (C=O) groups excluding carboxylic acids is 1. The summed E-state index contributed by atoms with van der Waals surface area (Å²) in [5.74, 6) is 0.522. The zero-order valence-electron chi connectivity index (χ0n) is 13.5. The number of rotatable bonds is 2. The fourth-order valence-electron chi connectivity index (χ4n) is 2.90. The second-order valence-corrected chi connectivity index (χ2v) is 5.84. The first-order valence-electron chi connectivity index (χ1n) is 7.85. The molecule has 4 rings (SSSR count). The number of fused-ring (bicyclic) bond motifs is 1. The normalized spacial score (nSPS) is 15.2. The van der Waals surface area contributed by atoms with Crippen LogP contribution in [0.15, 0.2) is 27.1 Å². The molecule has 7 nitrogen and oxygen atoms in total. The van der Waals surface area contributed by atoms with Crippen molar-refractivity contribution in [3.8, 4) is 11.6 Å². The van der Waals surface area contributed by atoms with Crippen molar-refractivity contribution in [2.45, 2.75) is 13.8 Å². The number of para-hydroxylation sites is 1. The lowest BCUT2D eigenvalue weighted by Gasteiger charge is -2.25. The van der Waals surface area contributed by atoms with Gasteiger partial charge < -0.3 is 18.6 Å². The highest BCUT2D eigenvalue weighted by Crippen LogP contribution is 2.33. The molecule has 1 aromatic carbocycles. The molecule has 0 spiro atoms. The molecule has 0 aliphatic carbocycles. The summed E-state index contributed by atoms with van der Waals surface area (Å²) in [6, 6.07) is 5.96. The number of hydrogen-bond acceptors (Lipinski definition) is 6. The van der Waals surface area contributed by atoms with Crippen molar-refractivity contribution in [2.24, 2.45) is 0 Å². The van der Waals surface area contributed by atoms with Crippen LogP contribution in [0.1, 0.15) is 21.8 Å². The van der Waals surface area contributed by atoms with Gasteiger partial charge in [-0.25, -0.2) is 0 Å². The van der Waals surface area contributed by atoms with E-state index in [-0.39, 0.29) is 11.8 Å². The predicted molar refractivity (Wildman–Crippen MR) is 85.7 cm³/mol. The Bertz CT molecular complexity index is 906. The van der Waals surface area contributed by atoms with Crippen molar-refractivity contribution >= 4 is 16.9 Å². The fourth-order valence-corrected chi connectivity index (χ4v) is 2.90. The molecule has 0 unspecified atom stereocenters. The van der Waals surface area contributed by atoms with E-state index < -0.39 is 0 Å². The number of benzene rings is 1. The van der Waals surface area contributed by atoms with Crippen LogP contribution in [0.2, 0.25) is 0 Å². The molecule has 2 aromatic heterocycles. The lowest BCUT2D eigenvalue weighted by Crippen LogP contribution is -2.40. The summed E-state index contributed by atoms with van der Waals surface area (Å²) in [6.07, 6.45) is 0. The highest BCUT2D eigenvalue weighted by molar-refractivity contribution is 5.91. The van der Waals surface area contributed by atoms with E-state index in [4.69, 9.17) is 13.7 Å². The van der Waals surface area contributed by atoms with Crippen LogP contribution in [0.25, 0.3) is 22.6 Å². The molecule has 3 heterocycles. The number of ether oxygens (including phenoxy) is 1. The molecule has 1 aliphatic rings. The van der Waals surface area contributed by atoms with Gasteiger partial charge in [0, 0.05) is 24.0 Å². The van der Waals surface area contributed by atoms with Crippen LogP contribution in [0.3, 0.4) is 0 Å². The number of hydrogen-bond donors (Lipinski definition) is 0. The molecule has 1 aliphatic heterocycles. The number of aryl methyl sites for hydroxylation is 2. The first kappa shape index (κ1) is 14.9. The summed E-state index contributed by atoms with van der Waals surface area (Å²) in [5, 5.41) is 4.94. The van der Waals surface area contributed by atoms with Crippen LogP contribution in [0, 0.1) is 13.8 Å². The second-order valence-electron chi connectivity index (χ2n) is 5.84. The minimum absolute atomic E-state index is 0.0246. The lowest BCUT2D eigenvalue weighted by molar-refractivity contribution is 0.0272. The molecule has 1 saturated heterocycles. The molecule has 1 fully saturated rings. The van der Waals surface area contributed by atoms with Gasteiger partial charge in [-0.2, -0.15) is 4.98 Å². The summed E-state index contributed by atoms with van der Waals surface area (Å²) in [6.45, 7) is 6.03. The number of aromatic nitrogens is 2. The third-order valence-corrected chi connectivity index (χ3v) is 4.27. The molecule has 3 aromatic rings. The van der Waals surface area contributed by atoms with Crippen LogP contribution in [-0.2, 0) is 4.74 Å². The van der Waals surface area contributed by atoms with Crippen LogP contribution in [0.5, 0.6) is 0 Å². The number of nitrogens with zero attached hydrogens (tertiary/aromatic N) is 3. The number of amides is 1. The topological polar surface area (TPSA) is 81.6 Å². The van der Waals surface area contributed by atoms with Crippen molar-refractivity contribution in [2.75, 3.05) is 26.3 Å². The van der Waals surface area contributed by atoms with E-state index in [1.54, 1.807) is 4.90 Å². The van der Waals surface area contributed by atoms with Gasteiger partial charge in [0.05, 0.1) is 13.2 Å². The van der Waals surface area contributed by atoms with Gasteiger partial charge in [-0.1, -0.05) is 23.4 Å². The maximum Gasteiger partial charge on any atom is 0.316 e. The van der Waals surface area contributed by atoms with Gasteiger partial charge in [-0.05, 0) is 19.4 Å². The molecule has 0 bridgehead atoms. The summed E-state index contributed by atoms with van der Waals surface area (Å²) in [4.78, 5) is 18.3.